The van der Waals surface area contributed by atoms with Gasteiger partial charge >= 0.3 is 6.09 Å². The number of nitrogens with one attached hydrogen (secondary N) is 1. The number of piperazine rings is 1. The van der Waals surface area contributed by atoms with Gasteiger partial charge in [-0.15, -0.1) is 0 Å². The zero-order chi connectivity index (χ0) is 27.4. The number of ether oxygens (including phenoxy) is 1. The van der Waals surface area contributed by atoms with Crippen LogP contribution in [0.4, 0.5) is 4.79 Å². The number of hydrogen-bond acceptors (Lipinski definition) is 6. The van der Waals surface area contributed by atoms with E-state index in [2.05, 4.69) is 33.5 Å². The summed E-state index contributed by atoms with van der Waals surface area (Å²) in [5, 5.41) is 3.18. The molecule has 200 valence electrons. The van der Waals surface area contributed by atoms with Crippen molar-refractivity contribution in [2.45, 2.75) is 46.6 Å². The molecule has 3 aromatic rings. The fraction of sp³-hybridized carbons (Fsp3) is 0.400. The molecule has 0 bridgehead atoms. The van der Waals surface area contributed by atoms with Crippen LogP contribution in [0.3, 0.4) is 0 Å². The van der Waals surface area contributed by atoms with Gasteiger partial charge in [-0.2, -0.15) is 0 Å². The second-order valence-corrected chi connectivity index (χ2v) is 10.8. The summed E-state index contributed by atoms with van der Waals surface area (Å²) in [7, 11) is 1.90. The number of pyridine rings is 1. The summed E-state index contributed by atoms with van der Waals surface area (Å²) in [6, 6.07) is 10.2. The molecular weight excluding hydrogens is 478 g/mol. The minimum absolute atomic E-state index is 0.0401. The Bertz CT molecular complexity index is 1360. The summed E-state index contributed by atoms with van der Waals surface area (Å²) >= 11 is 0. The van der Waals surface area contributed by atoms with Crippen LogP contribution in [0.25, 0.3) is 11.6 Å². The Balaban J connectivity index is 0.000000219. The Hall–Kier alpha value is -3.78. The highest BCUT2D eigenvalue weighted by molar-refractivity contribution is 6.32. The monoisotopic (exact) mass is 515 g/mol. The molecule has 0 unspecified atom stereocenters. The first kappa shape index (κ1) is 27.3. The number of allylic oxidation sites excluding steroid dienone is 1. The number of benzene rings is 1. The molecule has 1 N–H and O–H groups in total. The molecule has 0 radical (unpaired) electrons. The van der Waals surface area contributed by atoms with Crippen molar-refractivity contribution in [1.29, 1.82) is 0 Å². The number of fused-ring (bicyclic) bond motifs is 2. The Kier molecular flexibility index (Phi) is 8.11. The zero-order valence-corrected chi connectivity index (χ0v) is 23.2. The molecule has 2 aliphatic rings. The zero-order valence-electron chi connectivity index (χ0n) is 23.2. The van der Waals surface area contributed by atoms with Gasteiger partial charge < -0.3 is 19.5 Å². The average Bonchev–Trinajstić information content (AvgIpc) is 3.12. The van der Waals surface area contributed by atoms with Crippen molar-refractivity contribution < 1.29 is 14.3 Å². The summed E-state index contributed by atoms with van der Waals surface area (Å²) in [6.45, 7) is 12.8. The second kappa shape index (κ2) is 11.3. The van der Waals surface area contributed by atoms with Gasteiger partial charge in [0.05, 0.1) is 12.0 Å². The quantitative estimate of drug-likeness (QED) is 0.503. The van der Waals surface area contributed by atoms with Crippen molar-refractivity contribution in [2.24, 2.45) is 7.05 Å². The van der Waals surface area contributed by atoms with Gasteiger partial charge in [0.2, 0.25) is 5.78 Å². The normalized spacial score (nSPS) is 14.8. The molecular formula is C30H37N5O3. The van der Waals surface area contributed by atoms with E-state index >= 15 is 0 Å². The minimum Gasteiger partial charge on any atom is -0.444 e. The lowest BCUT2D eigenvalue weighted by Crippen LogP contribution is -2.48. The molecule has 38 heavy (non-hydrogen) atoms. The highest BCUT2D eigenvalue weighted by Crippen LogP contribution is 2.32. The number of carbonyl (C=O) groups is 2. The molecule has 1 aliphatic heterocycles. The van der Waals surface area contributed by atoms with Crippen LogP contribution in [0.1, 0.15) is 64.9 Å². The number of ketones is 1. The fourth-order valence-electron chi connectivity index (χ4n) is 4.44. The lowest BCUT2D eigenvalue weighted by Gasteiger charge is -2.30. The summed E-state index contributed by atoms with van der Waals surface area (Å²) < 4.78 is 7.11. The van der Waals surface area contributed by atoms with E-state index in [1.54, 1.807) is 17.4 Å². The standard InChI is InChI=1S/C21H19N3O.C9H18N2O2/c1-13-6-7-15-11-19-16(5-4-8-22-19)10-18(17(15)9-13)21(25)20-14(2)24(3)12-23-20;1-9(2,3)13-8(12)11-6-4-10-5-7-11/h4-10,12H,11H2,1-3H3;10H,4-7H2,1-3H3. The highest BCUT2D eigenvalue weighted by Gasteiger charge is 2.25. The van der Waals surface area contributed by atoms with Crippen molar-refractivity contribution >= 4 is 23.5 Å². The van der Waals surface area contributed by atoms with Crippen LogP contribution in [0, 0.1) is 13.8 Å². The summed E-state index contributed by atoms with van der Waals surface area (Å²) in [4.78, 5) is 35.4. The van der Waals surface area contributed by atoms with Gasteiger partial charge in [-0.05, 0) is 63.5 Å². The van der Waals surface area contributed by atoms with Gasteiger partial charge in [0.25, 0.3) is 0 Å². The topological polar surface area (TPSA) is 89.4 Å². The van der Waals surface area contributed by atoms with Crippen LogP contribution in [0.2, 0.25) is 0 Å². The first-order valence-corrected chi connectivity index (χ1v) is 13.0. The maximum Gasteiger partial charge on any atom is 0.410 e. The number of rotatable bonds is 2. The molecule has 1 saturated heterocycles. The number of hydrogen-bond donors (Lipinski definition) is 1. The van der Waals surface area contributed by atoms with E-state index in [9.17, 15) is 9.59 Å². The van der Waals surface area contributed by atoms with Gasteiger partial charge in [-0.1, -0.05) is 29.8 Å². The van der Waals surface area contributed by atoms with Gasteiger partial charge in [0.1, 0.15) is 11.3 Å². The summed E-state index contributed by atoms with van der Waals surface area (Å²) in [6.07, 6.45) is 5.97. The lowest BCUT2D eigenvalue weighted by molar-refractivity contribution is 0.0229. The van der Waals surface area contributed by atoms with E-state index in [1.807, 2.05) is 64.4 Å². The number of imidazole rings is 1. The Morgan fingerprint density at radius 3 is 2.45 bits per heavy atom. The van der Waals surface area contributed by atoms with E-state index in [4.69, 9.17) is 4.74 Å². The Morgan fingerprint density at radius 2 is 1.79 bits per heavy atom. The third kappa shape index (κ3) is 6.37. The predicted octanol–water partition coefficient (Wildman–Crippen LogP) is 4.59. The van der Waals surface area contributed by atoms with E-state index in [-0.39, 0.29) is 17.5 Å². The first-order valence-electron chi connectivity index (χ1n) is 13.0. The van der Waals surface area contributed by atoms with Crippen LogP contribution in [-0.4, -0.2) is 63.1 Å². The number of aromatic nitrogens is 3. The van der Waals surface area contributed by atoms with Gasteiger partial charge in [0, 0.05) is 57.1 Å². The number of aryl methyl sites for hydroxylation is 2. The number of carbonyl (C=O) groups excluding carboxylic acids is 2. The summed E-state index contributed by atoms with van der Waals surface area (Å²) in [5.74, 6) is -0.0401. The number of nitrogens with zero attached hydrogens (tertiary/aromatic N) is 4. The van der Waals surface area contributed by atoms with Crippen LogP contribution < -0.4 is 5.32 Å². The van der Waals surface area contributed by atoms with Crippen LogP contribution >= 0.6 is 0 Å². The molecule has 1 fully saturated rings. The van der Waals surface area contributed by atoms with Crippen LogP contribution in [-0.2, 0) is 18.2 Å². The first-order chi connectivity index (χ1) is 18.0. The highest BCUT2D eigenvalue weighted by atomic mass is 16.6. The van der Waals surface area contributed by atoms with Gasteiger partial charge in [-0.25, -0.2) is 9.78 Å². The summed E-state index contributed by atoms with van der Waals surface area (Å²) in [5.41, 5.74) is 6.90. The molecule has 0 spiro atoms. The average molecular weight is 516 g/mol. The Morgan fingerprint density at radius 1 is 1.05 bits per heavy atom. The second-order valence-electron chi connectivity index (χ2n) is 10.8. The molecule has 0 atom stereocenters. The predicted molar refractivity (Wildman–Crippen MR) is 149 cm³/mol. The SMILES string of the molecule is CC(C)(C)OC(=O)N1CCNCC1.Cc1ccc2c(c1)C(C(=O)c1ncn(C)c1C)=Cc1cccnc1C2. The molecule has 0 saturated carbocycles. The minimum atomic E-state index is -0.387. The van der Waals surface area contributed by atoms with Crippen molar-refractivity contribution in [3.05, 3.63) is 82.2 Å². The molecule has 3 heterocycles. The maximum absolute atomic E-state index is 13.3. The third-order valence-corrected chi connectivity index (χ3v) is 6.60. The van der Waals surface area contributed by atoms with Crippen molar-refractivity contribution in [1.82, 2.24) is 24.8 Å². The maximum atomic E-state index is 13.3. The lowest BCUT2D eigenvalue weighted by atomic mass is 9.93. The molecule has 2 aromatic heterocycles. The fourth-order valence-corrected chi connectivity index (χ4v) is 4.44. The molecule has 8 heteroatoms. The Labute approximate surface area is 224 Å². The number of Topliss-reactive ketones (excluding diaryl/α,β-unsaturated/α-hetero) is 1. The molecule has 5 rings (SSSR count). The van der Waals surface area contributed by atoms with E-state index in [0.717, 1.165) is 66.2 Å². The van der Waals surface area contributed by atoms with Gasteiger partial charge in [-0.3, -0.25) is 9.78 Å². The molecule has 8 nitrogen and oxygen atoms in total. The van der Waals surface area contributed by atoms with Crippen molar-refractivity contribution in [3.8, 4) is 0 Å². The number of amides is 1. The van der Waals surface area contributed by atoms with E-state index in [1.165, 1.54) is 0 Å². The smallest absolute Gasteiger partial charge is 0.410 e. The van der Waals surface area contributed by atoms with Crippen molar-refractivity contribution in [3.63, 3.8) is 0 Å². The molecule has 1 amide bonds. The molecule has 1 aromatic carbocycles. The van der Waals surface area contributed by atoms with E-state index in [0.29, 0.717) is 11.3 Å². The van der Waals surface area contributed by atoms with Gasteiger partial charge in [0.15, 0.2) is 0 Å². The van der Waals surface area contributed by atoms with Crippen molar-refractivity contribution in [2.75, 3.05) is 26.2 Å². The van der Waals surface area contributed by atoms with Crippen LogP contribution in [0.5, 0.6) is 0 Å². The largest absolute Gasteiger partial charge is 0.444 e. The third-order valence-electron chi connectivity index (χ3n) is 6.60. The van der Waals surface area contributed by atoms with E-state index < -0.39 is 0 Å². The van der Waals surface area contributed by atoms with Crippen LogP contribution in [0.15, 0.2) is 42.9 Å². The molecule has 1 aliphatic carbocycles.